The number of Topliss-reactive ketones (excluding diaryl/α,β-unsaturated/α-hetero) is 1. The first-order valence-electron chi connectivity index (χ1n) is 9.54. The predicted octanol–water partition coefficient (Wildman–Crippen LogP) is 6.41. The van der Waals surface area contributed by atoms with Crippen LogP contribution in [0, 0.1) is 23.7 Å². The molecule has 0 N–H and O–H groups in total. The molecule has 4 atom stereocenters. The van der Waals surface area contributed by atoms with Crippen LogP contribution in [0.15, 0.2) is 17.2 Å². The number of halogens is 1. The molecule has 1 rings (SSSR count). The SMILES string of the molecule is C=C(F)c1cc(C(C)C(CC(C)C(C)C)C(=O)C(C)CCCC)on1. The maximum Gasteiger partial charge on any atom is 0.145 e. The van der Waals surface area contributed by atoms with Gasteiger partial charge in [0.15, 0.2) is 0 Å². The smallest absolute Gasteiger partial charge is 0.145 e. The lowest BCUT2D eigenvalue weighted by molar-refractivity contribution is -0.128. The van der Waals surface area contributed by atoms with Crippen LogP contribution in [-0.4, -0.2) is 10.9 Å². The van der Waals surface area contributed by atoms with Crippen molar-refractivity contribution in [3.63, 3.8) is 0 Å². The Morgan fingerprint density at radius 2 is 1.92 bits per heavy atom. The first-order chi connectivity index (χ1) is 11.7. The molecule has 0 amide bonds. The molecule has 0 aliphatic rings. The number of rotatable bonds is 11. The topological polar surface area (TPSA) is 43.1 Å². The fourth-order valence-corrected chi connectivity index (χ4v) is 3.09. The van der Waals surface area contributed by atoms with Crippen molar-refractivity contribution in [1.82, 2.24) is 5.16 Å². The molecule has 25 heavy (non-hydrogen) atoms. The summed E-state index contributed by atoms with van der Waals surface area (Å²) in [5, 5.41) is 3.73. The summed E-state index contributed by atoms with van der Waals surface area (Å²) in [7, 11) is 0. The molecule has 0 bridgehead atoms. The summed E-state index contributed by atoms with van der Waals surface area (Å²) in [5.74, 6) is 0.924. The van der Waals surface area contributed by atoms with Gasteiger partial charge in [-0.2, -0.15) is 0 Å². The van der Waals surface area contributed by atoms with Gasteiger partial charge in [-0.1, -0.05) is 66.1 Å². The second kappa shape index (κ2) is 9.88. The van der Waals surface area contributed by atoms with Gasteiger partial charge in [0.25, 0.3) is 0 Å². The van der Waals surface area contributed by atoms with E-state index in [2.05, 4.69) is 39.4 Å². The van der Waals surface area contributed by atoms with E-state index in [1.807, 2.05) is 13.8 Å². The summed E-state index contributed by atoms with van der Waals surface area (Å²) in [6.07, 6.45) is 3.87. The van der Waals surface area contributed by atoms with Gasteiger partial charge in [0.2, 0.25) is 0 Å². The lowest BCUT2D eigenvalue weighted by Crippen LogP contribution is -2.29. The van der Waals surface area contributed by atoms with Gasteiger partial charge in [-0.15, -0.1) is 0 Å². The van der Waals surface area contributed by atoms with Crippen molar-refractivity contribution in [2.24, 2.45) is 23.7 Å². The van der Waals surface area contributed by atoms with Gasteiger partial charge in [-0.05, 0) is 24.7 Å². The molecule has 1 heterocycles. The fourth-order valence-electron chi connectivity index (χ4n) is 3.09. The van der Waals surface area contributed by atoms with Crippen molar-refractivity contribution in [2.75, 3.05) is 0 Å². The standard InChI is InChI=1S/C21H34FNO2/c1-8-9-10-14(4)21(24)18(11-15(5)13(2)3)16(6)20-12-19(17(7)22)23-25-20/h12-16,18H,7-11H2,1-6H3. The molecule has 0 saturated carbocycles. The molecule has 4 heteroatoms. The summed E-state index contributed by atoms with van der Waals surface area (Å²) in [4.78, 5) is 13.1. The number of carbonyl (C=O) groups excluding carboxylic acids is 1. The third-order valence-electron chi connectivity index (χ3n) is 5.46. The molecule has 1 aromatic rings. The van der Waals surface area contributed by atoms with Gasteiger partial charge in [-0.25, -0.2) is 4.39 Å². The quantitative estimate of drug-likeness (QED) is 0.462. The Kier molecular flexibility index (Phi) is 8.54. The minimum atomic E-state index is -0.614. The van der Waals surface area contributed by atoms with Crippen LogP contribution in [0.1, 0.15) is 84.6 Å². The zero-order chi connectivity index (χ0) is 19.1. The molecule has 0 spiro atoms. The number of unbranched alkanes of at least 4 members (excludes halogenated alkanes) is 1. The van der Waals surface area contributed by atoms with E-state index >= 15 is 0 Å². The van der Waals surface area contributed by atoms with E-state index in [1.165, 1.54) is 0 Å². The van der Waals surface area contributed by atoms with Crippen molar-refractivity contribution >= 4 is 11.6 Å². The van der Waals surface area contributed by atoms with Crippen molar-refractivity contribution in [1.29, 1.82) is 0 Å². The van der Waals surface area contributed by atoms with Crippen LogP contribution < -0.4 is 0 Å². The maximum absolute atomic E-state index is 13.3. The molecular weight excluding hydrogens is 317 g/mol. The van der Waals surface area contributed by atoms with Crippen molar-refractivity contribution in [2.45, 2.75) is 73.1 Å². The fraction of sp³-hybridized carbons (Fsp3) is 0.714. The molecule has 0 radical (unpaired) electrons. The van der Waals surface area contributed by atoms with Crippen molar-refractivity contribution in [3.05, 3.63) is 24.1 Å². The highest BCUT2D eigenvalue weighted by atomic mass is 19.1. The van der Waals surface area contributed by atoms with Crippen LogP contribution in [0.5, 0.6) is 0 Å². The van der Waals surface area contributed by atoms with Crippen LogP contribution in [-0.2, 0) is 4.79 Å². The summed E-state index contributed by atoms with van der Waals surface area (Å²) < 4.78 is 18.6. The number of nitrogens with zero attached hydrogens (tertiary/aromatic N) is 1. The highest BCUT2D eigenvalue weighted by molar-refractivity contribution is 5.84. The molecule has 0 fully saturated rings. The maximum atomic E-state index is 13.3. The Morgan fingerprint density at radius 1 is 1.28 bits per heavy atom. The minimum Gasteiger partial charge on any atom is -0.360 e. The molecule has 142 valence electrons. The second-order valence-corrected chi connectivity index (χ2v) is 7.82. The van der Waals surface area contributed by atoms with Gasteiger partial charge < -0.3 is 4.52 Å². The number of carbonyl (C=O) groups is 1. The number of hydrogen-bond donors (Lipinski definition) is 0. The normalized spacial score (nSPS) is 16.5. The molecule has 4 unspecified atom stereocenters. The van der Waals surface area contributed by atoms with E-state index in [1.54, 1.807) is 6.07 Å². The van der Waals surface area contributed by atoms with Crippen molar-refractivity contribution in [3.8, 4) is 0 Å². The average molecular weight is 352 g/mol. The van der Waals surface area contributed by atoms with Crippen LogP contribution in [0.3, 0.4) is 0 Å². The van der Waals surface area contributed by atoms with Gasteiger partial charge in [0.05, 0.1) is 0 Å². The molecule has 0 aliphatic carbocycles. The van der Waals surface area contributed by atoms with Crippen molar-refractivity contribution < 1.29 is 13.7 Å². The highest BCUT2D eigenvalue weighted by Gasteiger charge is 2.33. The Labute approximate surface area is 152 Å². The van der Waals surface area contributed by atoms with E-state index in [0.29, 0.717) is 17.6 Å². The molecule has 0 saturated heterocycles. The predicted molar refractivity (Wildman–Crippen MR) is 101 cm³/mol. The lowest BCUT2D eigenvalue weighted by atomic mass is 9.75. The zero-order valence-corrected chi connectivity index (χ0v) is 16.6. The summed E-state index contributed by atoms with van der Waals surface area (Å²) in [6, 6.07) is 1.57. The van der Waals surface area contributed by atoms with Crippen LogP contribution in [0.4, 0.5) is 4.39 Å². The third-order valence-corrected chi connectivity index (χ3v) is 5.46. The summed E-state index contributed by atoms with van der Waals surface area (Å²) in [5.41, 5.74) is 0.115. The molecule has 1 aromatic heterocycles. The largest absolute Gasteiger partial charge is 0.360 e. The molecule has 0 aliphatic heterocycles. The Hall–Kier alpha value is -1.45. The van der Waals surface area contributed by atoms with Crippen LogP contribution in [0.25, 0.3) is 5.83 Å². The minimum absolute atomic E-state index is 0.0327. The second-order valence-electron chi connectivity index (χ2n) is 7.82. The van der Waals surface area contributed by atoms with E-state index < -0.39 is 5.83 Å². The van der Waals surface area contributed by atoms with Crippen LogP contribution in [0.2, 0.25) is 0 Å². The number of hydrogen-bond acceptors (Lipinski definition) is 3. The van der Waals surface area contributed by atoms with E-state index in [-0.39, 0.29) is 29.2 Å². The van der Waals surface area contributed by atoms with E-state index in [0.717, 1.165) is 25.7 Å². The zero-order valence-electron chi connectivity index (χ0n) is 16.6. The third kappa shape index (κ3) is 6.09. The Balaban J connectivity index is 3.02. The lowest BCUT2D eigenvalue weighted by Gasteiger charge is -2.28. The molecule has 0 aromatic carbocycles. The molecular formula is C21H34FNO2. The van der Waals surface area contributed by atoms with E-state index in [4.69, 9.17) is 4.52 Å². The Bertz CT molecular complexity index is 564. The van der Waals surface area contributed by atoms with Gasteiger partial charge in [0.1, 0.15) is 23.1 Å². The number of aromatic nitrogens is 1. The summed E-state index contributed by atoms with van der Waals surface area (Å²) in [6.45, 7) is 15.9. The van der Waals surface area contributed by atoms with Gasteiger partial charge in [0, 0.05) is 23.8 Å². The first kappa shape index (κ1) is 21.6. The van der Waals surface area contributed by atoms with Gasteiger partial charge >= 0.3 is 0 Å². The monoisotopic (exact) mass is 351 g/mol. The highest BCUT2D eigenvalue weighted by Crippen LogP contribution is 2.35. The van der Waals surface area contributed by atoms with E-state index in [9.17, 15) is 9.18 Å². The summed E-state index contributed by atoms with van der Waals surface area (Å²) >= 11 is 0. The average Bonchev–Trinajstić information content (AvgIpc) is 3.06. The number of ketones is 1. The van der Waals surface area contributed by atoms with Crippen LogP contribution >= 0.6 is 0 Å². The van der Waals surface area contributed by atoms with Gasteiger partial charge in [-0.3, -0.25) is 4.79 Å². The molecule has 3 nitrogen and oxygen atoms in total. The Morgan fingerprint density at radius 3 is 2.40 bits per heavy atom. The first-order valence-corrected chi connectivity index (χ1v) is 9.54.